The van der Waals surface area contributed by atoms with Crippen molar-refractivity contribution in [1.82, 2.24) is 5.32 Å². The van der Waals surface area contributed by atoms with E-state index in [0.717, 1.165) is 13.0 Å². The Balaban J connectivity index is 2.45. The molecular weight excluding hydrogens is 160 g/mol. The molecule has 1 rings (SSSR count). The summed E-state index contributed by atoms with van der Waals surface area (Å²) in [6, 6.07) is -0.570. The Hall–Kier alpha value is -0.180. The van der Waals surface area contributed by atoms with Crippen LogP contribution in [0, 0.1) is 5.92 Å². The van der Waals surface area contributed by atoms with E-state index >= 15 is 0 Å². The van der Waals surface area contributed by atoms with Crippen LogP contribution in [0.1, 0.15) is 33.1 Å². The average Bonchev–Trinajstić information content (AvgIpc) is 2.32. The standard InChI is InChI=1S/C9H17F2N/c1-7(2)6-9(10,11)8-4-3-5-12-8/h7-8,12H,3-6H2,1-2H3. The van der Waals surface area contributed by atoms with Gasteiger partial charge in [0, 0.05) is 6.42 Å². The van der Waals surface area contributed by atoms with Crippen molar-refractivity contribution >= 4 is 0 Å². The summed E-state index contributed by atoms with van der Waals surface area (Å²) in [5.41, 5.74) is 0. The van der Waals surface area contributed by atoms with E-state index < -0.39 is 12.0 Å². The highest BCUT2D eigenvalue weighted by Crippen LogP contribution is 2.31. The van der Waals surface area contributed by atoms with Crippen molar-refractivity contribution in [2.75, 3.05) is 6.54 Å². The second kappa shape index (κ2) is 3.69. The first kappa shape index (κ1) is 9.90. The summed E-state index contributed by atoms with van der Waals surface area (Å²) in [7, 11) is 0. The van der Waals surface area contributed by atoms with E-state index in [1.54, 1.807) is 0 Å². The molecule has 1 N–H and O–H groups in total. The number of rotatable bonds is 3. The lowest BCUT2D eigenvalue weighted by molar-refractivity contribution is -0.0489. The summed E-state index contributed by atoms with van der Waals surface area (Å²) in [5.74, 6) is -2.44. The molecule has 0 aromatic heterocycles. The lowest BCUT2D eigenvalue weighted by Gasteiger charge is -2.24. The second-order valence-corrected chi connectivity index (χ2v) is 4.01. The highest BCUT2D eigenvalue weighted by molar-refractivity contribution is 4.87. The van der Waals surface area contributed by atoms with Crippen molar-refractivity contribution in [2.45, 2.75) is 45.1 Å². The van der Waals surface area contributed by atoms with E-state index in [1.807, 2.05) is 13.8 Å². The minimum absolute atomic E-state index is 0.00463. The topological polar surface area (TPSA) is 12.0 Å². The molecule has 72 valence electrons. The maximum atomic E-state index is 13.3. The number of alkyl halides is 2. The van der Waals surface area contributed by atoms with Crippen molar-refractivity contribution in [3.63, 3.8) is 0 Å². The van der Waals surface area contributed by atoms with Crippen LogP contribution in [0.5, 0.6) is 0 Å². The van der Waals surface area contributed by atoms with Crippen LogP contribution in [0.25, 0.3) is 0 Å². The molecule has 0 spiro atoms. The molecule has 1 fully saturated rings. The number of nitrogens with one attached hydrogen (secondary N) is 1. The van der Waals surface area contributed by atoms with Crippen LogP contribution in [0.4, 0.5) is 8.78 Å². The molecule has 1 aliphatic rings. The molecule has 0 saturated carbocycles. The van der Waals surface area contributed by atoms with Gasteiger partial charge in [0.05, 0.1) is 6.04 Å². The van der Waals surface area contributed by atoms with E-state index in [1.165, 1.54) is 0 Å². The van der Waals surface area contributed by atoms with Crippen LogP contribution < -0.4 is 5.32 Å². The third-order valence-electron chi connectivity index (χ3n) is 2.25. The summed E-state index contributed by atoms with van der Waals surface area (Å²) < 4.78 is 26.6. The normalized spacial score (nSPS) is 25.2. The van der Waals surface area contributed by atoms with Gasteiger partial charge in [0.15, 0.2) is 0 Å². The highest BCUT2D eigenvalue weighted by atomic mass is 19.3. The Morgan fingerprint density at radius 3 is 2.58 bits per heavy atom. The first-order valence-electron chi connectivity index (χ1n) is 4.63. The lowest BCUT2D eigenvalue weighted by Crippen LogP contribution is -2.41. The average molecular weight is 177 g/mol. The first-order valence-corrected chi connectivity index (χ1v) is 4.63. The molecule has 0 amide bonds. The smallest absolute Gasteiger partial charge is 0.263 e. The molecule has 1 saturated heterocycles. The molecule has 1 unspecified atom stereocenters. The van der Waals surface area contributed by atoms with Gasteiger partial charge in [-0.2, -0.15) is 0 Å². The zero-order chi connectivity index (χ0) is 9.19. The molecule has 0 aliphatic carbocycles. The summed E-state index contributed by atoms with van der Waals surface area (Å²) in [6.45, 7) is 4.42. The van der Waals surface area contributed by atoms with Gasteiger partial charge in [-0.05, 0) is 25.3 Å². The zero-order valence-electron chi connectivity index (χ0n) is 7.74. The van der Waals surface area contributed by atoms with Crippen molar-refractivity contribution in [1.29, 1.82) is 0 Å². The monoisotopic (exact) mass is 177 g/mol. The predicted molar refractivity (Wildman–Crippen MR) is 45.4 cm³/mol. The van der Waals surface area contributed by atoms with Crippen molar-refractivity contribution in [2.24, 2.45) is 5.92 Å². The van der Waals surface area contributed by atoms with Crippen molar-refractivity contribution in [3.05, 3.63) is 0 Å². The fourth-order valence-electron chi connectivity index (χ4n) is 1.73. The highest BCUT2D eigenvalue weighted by Gasteiger charge is 2.40. The molecular formula is C9H17F2N. The third-order valence-corrected chi connectivity index (χ3v) is 2.25. The SMILES string of the molecule is CC(C)CC(F)(F)C1CCCN1. The Morgan fingerprint density at radius 1 is 1.50 bits per heavy atom. The van der Waals surface area contributed by atoms with E-state index in [2.05, 4.69) is 5.32 Å². The molecule has 0 bridgehead atoms. The third kappa shape index (κ3) is 2.41. The zero-order valence-corrected chi connectivity index (χ0v) is 7.74. The van der Waals surface area contributed by atoms with Crippen LogP contribution in [0.15, 0.2) is 0 Å². The Labute approximate surface area is 72.5 Å². The largest absolute Gasteiger partial charge is 0.309 e. The predicted octanol–water partition coefficient (Wildman–Crippen LogP) is 2.42. The number of hydrogen-bond acceptors (Lipinski definition) is 1. The first-order chi connectivity index (χ1) is 5.52. The lowest BCUT2D eigenvalue weighted by atomic mass is 9.98. The van der Waals surface area contributed by atoms with Gasteiger partial charge >= 0.3 is 0 Å². The minimum atomic E-state index is -2.51. The van der Waals surface area contributed by atoms with Crippen LogP contribution in [0.3, 0.4) is 0 Å². The quantitative estimate of drug-likeness (QED) is 0.698. The van der Waals surface area contributed by atoms with Gasteiger partial charge in [-0.3, -0.25) is 0 Å². The molecule has 1 nitrogen and oxygen atoms in total. The summed E-state index contributed by atoms with van der Waals surface area (Å²) in [4.78, 5) is 0. The van der Waals surface area contributed by atoms with Crippen molar-refractivity contribution in [3.8, 4) is 0 Å². The molecule has 0 radical (unpaired) electrons. The van der Waals surface area contributed by atoms with Gasteiger partial charge in [0.2, 0.25) is 0 Å². The van der Waals surface area contributed by atoms with Crippen LogP contribution in [-0.2, 0) is 0 Å². The number of halogens is 2. The summed E-state index contributed by atoms with van der Waals surface area (Å²) >= 11 is 0. The van der Waals surface area contributed by atoms with Gasteiger partial charge in [-0.25, -0.2) is 8.78 Å². The van der Waals surface area contributed by atoms with Gasteiger partial charge < -0.3 is 5.32 Å². The van der Waals surface area contributed by atoms with E-state index in [9.17, 15) is 8.78 Å². The van der Waals surface area contributed by atoms with Crippen LogP contribution in [0.2, 0.25) is 0 Å². The van der Waals surface area contributed by atoms with Crippen molar-refractivity contribution < 1.29 is 8.78 Å². The van der Waals surface area contributed by atoms with E-state index in [0.29, 0.717) is 6.42 Å². The molecule has 3 heteroatoms. The van der Waals surface area contributed by atoms with E-state index in [4.69, 9.17) is 0 Å². The Kier molecular flexibility index (Phi) is 3.04. The molecule has 12 heavy (non-hydrogen) atoms. The van der Waals surface area contributed by atoms with Gasteiger partial charge in [0.1, 0.15) is 0 Å². The fourth-order valence-corrected chi connectivity index (χ4v) is 1.73. The molecule has 1 atom stereocenters. The van der Waals surface area contributed by atoms with Crippen LogP contribution in [-0.4, -0.2) is 18.5 Å². The van der Waals surface area contributed by atoms with Gasteiger partial charge in [-0.1, -0.05) is 13.8 Å². The molecule has 1 aliphatic heterocycles. The van der Waals surface area contributed by atoms with Gasteiger partial charge in [0.25, 0.3) is 5.92 Å². The second-order valence-electron chi connectivity index (χ2n) is 4.01. The van der Waals surface area contributed by atoms with Crippen LogP contribution >= 0.6 is 0 Å². The summed E-state index contributed by atoms with van der Waals surface area (Å²) in [6.07, 6.45) is 1.52. The molecule has 1 heterocycles. The maximum Gasteiger partial charge on any atom is 0.263 e. The Morgan fingerprint density at radius 2 is 2.17 bits per heavy atom. The van der Waals surface area contributed by atoms with Gasteiger partial charge in [-0.15, -0.1) is 0 Å². The summed E-state index contributed by atoms with van der Waals surface area (Å²) in [5, 5.41) is 2.85. The fraction of sp³-hybridized carbons (Fsp3) is 1.00. The van der Waals surface area contributed by atoms with E-state index in [-0.39, 0.29) is 12.3 Å². The maximum absolute atomic E-state index is 13.3. The molecule has 0 aromatic rings. The Bertz CT molecular complexity index is 139. The minimum Gasteiger partial charge on any atom is -0.309 e. The molecule has 0 aromatic carbocycles. The number of hydrogen-bond donors (Lipinski definition) is 1.